The van der Waals surface area contributed by atoms with Crippen LogP contribution in [0.2, 0.25) is 0 Å². The second-order valence-electron chi connectivity index (χ2n) is 7.41. The Morgan fingerprint density at radius 3 is 2.56 bits per heavy atom. The maximum absolute atomic E-state index is 13.0. The van der Waals surface area contributed by atoms with Gasteiger partial charge in [-0.1, -0.05) is 0 Å². The molecule has 4 rings (SSSR count). The molecule has 1 aromatic heterocycles. The number of nitrogens with one attached hydrogen (secondary N) is 2. The number of rotatable bonds is 6. The molecule has 0 atom stereocenters. The highest BCUT2D eigenvalue weighted by Gasteiger charge is 2.32. The molecule has 32 heavy (non-hydrogen) atoms. The lowest BCUT2D eigenvalue weighted by Crippen LogP contribution is -2.41. The predicted octanol–water partition coefficient (Wildman–Crippen LogP) is 2.18. The van der Waals surface area contributed by atoms with Crippen LogP contribution in [-0.2, 0) is 14.8 Å². The van der Waals surface area contributed by atoms with Gasteiger partial charge in [0.2, 0.25) is 15.9 Å². The molecule has 1 fully saturated rings. The van der Waals surface area contributed by atoms with Gasteiger partial charge in [0.1, 0.15) is 11.5 Å². The number of carbonyl (C=O) groups is 1. The molecular weight excluding hydrogens is 438 g/mol. The van der Waals surface area contributed by atoms with Crippen molar-refractivity contribution in [2.45, 2.75) is 17.7 Å². The minimum atomic E-state index is -3.78. The molecule has 11 heteroatoms. The molecule has 0 unspecified atom stereocenters. The highest BCUT2D eigenvalue weighted by molar-refractivity contribution is 7.89. The van der Waals surface area contributed by atoms with Gasteiger partial charge >= 0.3 is 5.76 Å². The first-order chi connectivity index (χ1) is 15.3. The summed E-state index contributed by atoms with van der Waals surface area (Å²) in [6, 6.07) is 9.36. The van der Waals surface area contributed by atoms with E-state index in [1.54, 1.807) is 18.2 Å². The Labute approximate surface area is 184 Å². The standard InChI is InChI=1S/C21H23N3O7S/c1-29-14-3-6-18(30-2)17(11-14)22-20(25)13-7-9-24(10-8-13)32(27,28)15-4-5-16-19(12-15)31-21(26)23-16/h3-6,11-13H,7-10H2,1-2H3,(H,22,25)(H,23,26). The van der Waals surface area contributed by atoms with Crippen LogP contribution in [0, 0.1) is 5.92 Å². The first-order valence-corrected chi connectivity index (χ1v) is 11.4. The lowest BCUT2D eigenvalue weighted by molar-refractivity contribution is -0.120. The average molecular weight is 461 g/mol. The Morgan fingerprint density at radius 2 is 1.88 bits per heavy atom. The number of hydrogen-bond donors (Lipinski definition) is 2. The number of piperidine rings is 1. The number of nitrogens with zero attached hydrogens (tertiary/aromatic N) is 1. The zero-order chi connectivity index (χ0) is 22.9. The summed E-state index contributed by atoms with van der Waals surface area (Å²) in [4.78, 5) is 26.6. The third-order valence-corrected chi connectivity index (χ3v) is 7.41. The first kappa shape index (κ1) is 21.9. The summed E-state index contributed by atoms with van der Waals surface area (Å²) >= 11 is 0. The normalized spacial score (nSPS) is 15.6. The molecule has 3 aromatic rings. The van der Waals surface area contributed by atoms with Gasteiger partial charge in [0.25, 0.3) is 0 Å². The fourth-order valence-corrected chi connectivity index (χ4v) is 5.23. The van der Waals surface area contributed by atoms with E-state index in [1.807, 2.05) is 0 Å². The number of carbonyl (C=O) groups excluding carboxylic acids is 1. The van der Waals surface area contributed by atoms with Crippen molar-refractivity contribution >= 4 is 32.7 Å². The smallest absolute Gasteiger partial charge is 0.417 e. The Kier molecular flexibility index (Phi) is 5.94. The molecule has 1 saturated heterocycles. The van der Waals surface area contributed by atoms with Crippen LogP contribution in [0.5, 0.6) is 11.5 Å². The van der Waals surface area contributed by atoms with Crippen LogP contribution in [0.25, 0.3) is 11.1 Å². The summed E-state index contributed by atoms with van der Waals surface area (Å²) < 4.78 is 42.8. The molecule has 1 aliphatic rings. The molecular formula is C21H23N3O7S. The third-order valence-electron chi connectivity index (χ3n) is 5.52. The van der Waals surface area contributed by atoms with Crippen LogP contribution >= 0.6 is 0 Å². The minimum Gasteiger partial charge on any atom is -0.497 e. The topological polar surface area (TPSA) is 131 Å². The second kappa shape index (κ2) is 8.67. The van der Waals surface area contributed by atoms with Crippen LogP contribution < -0.4 is 20.5 Å². The molecule has 0 radical (unpaired) electrons. The lowest BCUT2D eigenvalue weighted by atomic mass is 9.97. The van der Waals surface area contributed by atoms with E-state index in [2.05, 4.69) is 10.3 Å². The molecule has 10 nitrogen and oxygen atoms in total. The van der Waals surface area contributed by atoms with E-state index in [-0.39, 0.29) is 35.4 Å². The minimum absolute atomic E-state index is 0.0387. The Hall–Kier alpha value is -3.31. The highest BCUT2D eigenvalue weighted by Crippen LogP contribution is 2.31. The van der Waals surface area contributed by atoms with Crippen molar-refractivity contribution in [1.29, 1.82) is 0 Å². The quantitative estimate of drug-likeness (QED) is 0.575. The van der Waals surface area contributed by atoms with Crippen LogP contribution in [-0.4, -0.2) is 50.9 Å². The summed E-state index contributed by atoms with van der Waals surface area (Å²) in [5.74, 6) is -0.108. The zero-order valence-electron chi connectivity index (χ0n) is 17.6. The number of benzene rings is 2. The van der Waals surface area contributed by atoms with Crippen molar-refractivity contribution in [2.75, 3.05) is 32.6 Å². The fraction of sp³-hybridized carbons (Fsp3) is 0.333. The number of amides is 1. The van der Waals surface area contributed by atoms with Crippen molar-refractivity contribution in [3.05, 3.63) is 46.9 Å². The molecule has 0 saturated carbocycles. The maximum atomic E-state index is 13.0. The number of aromatic amines is 1. The second-order valence-corrected chi connectivity index (χ2v) is 9.34. The van der Waals surface area contributed by atoms with Gasteiger partial charge in [0.05, 0.1) is 30.3 Å². The van der Waals surface area contributed by atoms with Gasteiger partial charge in [-0.2, -0.15) is 4.31 Å². The number of aromatic nitrogens is 1. The van der Waals surface area contributed by atoms with Crippen molar-refractivity contribution in [2.24, 2.45) is 5.92 Å². The van der Waals surface area contributed by atoms with Gasteiger partial charge in [-0.15, -0.1) is 0 Å². The van der Waals surface area contributed by atoms with Gasteiger partial charge in [-0.25, -0.2) is 13.2 Å². The molecule has 170 valence electrons. The lowest BCUT2D eigenvalue weighted by Gasteiger charge is -2.30. The number of anilines is 1. The molecule has 1 aliphatic heterocycles. The number of sulfonamides is 1. The van der Waals surface area contributed by atoms with Crippen LogP contribution in [0.4, 0.5) is 5.69 Å². The van der Waals surface area contributed by atoms with Gasteiger partial charge < -0.3 is 19.2 Å². The van der Waals surface area contributed by atoms with Crippen molar-refractivity contribution < 1.29 is 27.1 Å². The van der Waals surface area contributed by atoms with Crippen LogP contribution in [0.3, 0.4) is 0 Å². The van der Waals surface area contributed by atoms with Crippen LogP contribution in [0.1, 0.15) is 12.8 Å². The summed E-state index contributed by atoms with van der Waals surface area (Å²) in [7, 11) is -0.739. The fourth-order valence-electron chi connectivity index (χ4n) is 3.74. The van der Waals surface area contributed by atoms with E-state index >= 15 is 0 Å². The van der Waals surface area contributed by atoms with Gasteiger partial charge in [0, 0.05) is 31.1 Å². The summed E-state index contributed by atoms with van der Waals surface area (Å²) in [6.45, 7) is 0.398. The summed E-state index contributed by atoms with van der Waals surface area (Å²) in [5.41, 5.74) is 1.10. The Bertz CT molecular complexity index is 1300. The first-order valence-electron chi connectivity index (χ1n) is 9.97. The largest absolute Gasteiger partial charge is 0.497 e. The summed E-state index contributed by atoms with van der Waals surface area (Å²) in [5, 5.41) is 2.86. The van der Waals surface area contributed by atoms with E-state index < -0.39 is 15.8 Å². The number of oxazole rings is 1. The van der Waals surface area contributed by atoms with E-state index in [4.69, 9.17) is 13.9 Å². The van der Waals surface area contributed by atoms with E-state index in [1.165, 1.54) is 36.7 Å². The van der Waals surface area contributed by atoms with Crippen molar-refractivity contribution in [3.63, 3.8) is 0 Å². The Morgan fingerprint density at radius 1 is 1.12 bits per heavy atom. The van der Waals surface area contributed by atoms with Gasteiger partial charge in [-0.05, 0) is 37.1 Å². The molecule has 0 spiro atoms. The monoisotopic (exact) mass is 461 g/mol. The van der Waals surface area contributed by atoms with E-state index in [0.717, 1.165) is 0 Å². The molecule has 2 N–H and O–H groups in total. The molecule has 2 heterocycles. The van der Waals surface area contributed by atoms with Crippen LogP contribution in [0.15, 0.2) is 50.5 Å². The highest BCUT2D eigenvalue weighted by atomic mass is 32.2. The molecule has 1 amide bonds. The SMILES string of the molecule is COc1ccc(OC)c(NC(=O)C2CCN(S(=O)(=O)c3ccc4[nH]c(=O)oc4c3)CC2)c1. The average Bonchev–Trinajstić information content (AvgIpc) is 3.18. The summed E-state index contributed by atoms with van der Waals surface area (Å²) in [6.07, 6.45) is 0.748. The predicted molar refractivity (Wildman–Crippen MR) is 116 cm³/mol. The van der Waals surface area contributed by atoms with Gasteiger partial charge in [-0.3, -0.25) is 9.78 Å². The zero-order valence-corrected chi connectivity index (χ0v) is 18.4. The number of H-pyrrole nitrogens is 1. The van der Waals surface area contributed by atoms with E-state index in [9.17, 15) is 18.0 Å². The van der Waals surface area contributed by atoms with Crippen molar-refractivity contribution in [3.8, 4) is 11.5 Å². The number of ether oxygens (including phenoxy) is 2. The Balaban J connectivity index is 1.44. The number of methoxy groups -OCH3 is 2. The van der Waals surface area contributed by atoms with Gasteiger partial charge in [0.15, 0.2) is 5.58 Å². The van der Waals surface area contributed by atoms with E-state index in [0.29, 0.717) is 35.5 Å². The molecule has 2 aromatic carbocycles. The molecule has 0 bridgehead atoms. The van der Waals surface area contributed by atoms with Crippen molar-refractivity contribution in [1.82, 2.24) is 9.29 Å². The number of hydrogen-bond acceptors (Lipinski definition) is 7. The maximum Gasteiger partial charge on any atom is 0.417 e. The third kappa shape index (κ3) is 4.21. The molecule has 0 aliphatic carbocycles. The number of fused-ring (bicyclic) bond motifs is 1.